The van der Waals surface area contributed by atoms with Crippen LogP contribution < -0.4 is 15.4 Å². The zero-order chi connectivity index (χ0) is 14.9. The van der Waals surface area contributed by atoms with E-state index in [2.05, 4.69) is 27.8 Å². The molecule has 2 N–H and O–H groups in total. The van der Waals surface area contributed by atoms with Crippen molar-refractivity contribution in [1.82, 2.24) is 10.2 Å². The molecule has 21 heavy (non-hydrogen) atoms. The molecule has 0 aliphatic carbocycles. The number of anilines is 2. The number of para-hydroxylation sites is 1. The van der Waals surface area contributed by atoms with Crippen molar-refractivity contribution in [2.75, 3.05) is 23.8 Å². The Balaban J connectivity index is 1.79. The first-order chi connectivity index (χ1) is 10.3. The van der Waals surface area contributed by atoms with Crippen LogP contribution in [0, 0.1) is 0 Å². The Morgan fingerprint density at radius 2 is 1.81 bits per heavy atom. The molecule has 0 bridgehead atoms. The van der Waals surface area contributed by atoms with Gasteiger partial charge in [0.25, 0.3) is 5.91 Å². The predicted octanol–water partition coefficient (Wildman–Crippen LogP) is 2.32. The molecule has 0 fully saturated rings. The molecule has 2 aromatic rings. The van der Waals surface area contributed by atoms with Gasteiger partial charge >= 0.3 is 0 Å². The minimum absolute atomic E-state index is 0.0679. The highest BCUT2D eigenvalue weighted by molar-refractivity contribution is 5.90. The van der Waals surface area contributed by atoms with Gasteiger partial charge in [0.2, 0.25) is 0 Å². The lowest BCUT2D eigenvalue weighted by molar-refractivity contribution is -0.118. The van der Waals surface area contributed by atoms with Gasteiger partial charge in [-0.05, 0) is 30.7 Å². The normalized spacial score (nSPS) is 9.95. The summed E-state index contributed by atoms with van der Waals surface area (Å²) in [5.41, 5.74) is 0. The van der Waals surface area contributed by atoms with Crippen LogP contribution in [0.1, 0.15) is 13.3 Å². The van der Waals surface area contributed by atoms with Crippen molar-refractivity contribution in [1.29, 1.82) is 0 Å². The molecule has 2 rings (SSSR count). The third kappa shape index (κ3) is 5.10. The molecule has 0 unspecified atom stereocenters. The van der Waals surface area contributed by atoms with Crippen LogP contribution in [0.4, 0.5) is 11.6 Å². The molecule has 1 heterocycles. The van der Waals surface area contributed by atoms with Crippen molar-refractivity contribution in [3.05, 3.63) is 42.5 Å². The number of amides is 1. The van der Waals surface area contributed by atoms with Crippen molar-refractivity contribution >= 4 is 17.5 Å². The van der Waals surface area contributed by atoms with Gasteiger partial charge in [0.05, 0.1) is 0 Å². The average Bonchev–Trinajstić information content (AvgIpc) is 2.53. The number of rotatable bonds is 7. The van der Waals surface area contributed by atoms with Gasteiger partial charge in [0.15, 0.2) is 12.4 Å². The second-order valence-electron chi connectivity index (χ2n) is 4.38. The van der Waals surface area contributed by atoms with Crippen molar-refractivity contribution < 1.29 is 9.53 Å². The van der Waals surface area contributed by atoms with Crippen LogP contribution in [0.5, 0.6) is 5.75 Å². The molecule has 0 saturated carbocycles. The second-order valence-corrected chi connectivity index (χ2v) is 4.38. The lowest BCUT2D eigenvalue weighted by Gasteiger charge is -2.07. The van der Waals surface area contributed by atoms with E-state index in [1.165, 1.54) is 0 Å². The standard InChI is InChI=1S/C15H18N4O2/c1-2-10-16-13-8-9-14(19-18-13)17-15(20)11-21-12-6-4-3-5-7-12/h3-9H,2,10-11H2,1H3,(H,16,18)(H,17,19,20). The molecule has 1 amide bonds. The van der Waals surface area contributed by atoms with Crippen LogP contribution in [-0.4, -0.2) is 29.3 Å². The van der Waals surface area contributed by atoms with Gasteiger partial charge in [-0.3, -0.25) is 4.79 Å². The molecule has 0 saturated heterocycles. The summed E-state index contributed by atoms with van der Waals surface area (Å²) in [4.78, 5) is 11.7. The van der Waals surface area contributed by atoms with E-state index < -0.39 is 0 Å². The molecule has 110 valence electrons. The van der Waals surface area contributed by atoms with Gasteiger partial charge in [-0.2, -0.15) is 0 Å². The topological polar surface area (TPSA) is 76.1 Å². The van der Waals surface area contributed by atoms with Crippen molar-refractivity contribution in [3.63, 3.8) is 0 Å². The van der Waals surface area contributed by atoms with Crippen molar-refractivity contribution in [2.45, 2.75) is 13.3 Å². The number of hydrogen-bond donors (Lipinski definition) is 2. The van der Waals surface area contributed by atoms with E-state index in [4.69, 9.17) is 4.74 Å². The van der Waals surface area contributed by atoms with Crippen molar-refractivity contribution in [3.8, 4) is 5.75 Å². The van der Waals surface area contributed by atoms with Gasteiger partial charge in [-0.1, -0.05) is 25.1 Å². The number of carbonyl (C=O) groups excluding carboxylic acids is 1. The number of benzene rings is 1. The summed E-state index contributed by atoms with van der Waals surface area (Å²) >= 11 is 0. The first kappa shape index (κ1) is 14.8. The van der Waals surface area contributed by atoms with Crippen LogP contribution in [0.25, 0.3) is 0 Å². The Labute approximate surface area is 123 Å². The van der Waals surface area contributed by atoms with E-state index in [0.717, 1.165) is 13.0 Å². The zero-order valence-corrected chi connectivity index (χ0v) is 11.9. The summed E-state index contributed by atoms with van der Waals surface area (Å²) < 4.78 is 5.34. The highest BCUT2D eigenvalue weighted by atomic mass is 16.5. The first-order valence-electron chi connectivity index (χ1n) is 6.83. The van der Waals surface area contributed by atoms with Crippen LogP contribution in [0.2, 0.25) is 0 Å². The van der Waals surface area contributed by atoms with E-state index in [0.29, 0.717) is 17.4 Å². The van der Waals surface area contributed by atoms with Crippen LogP contribution >= 0.6 is 0 Å². The number of ether oxygens (including phenoxy) is 1. The molecule has 0 spiro atoms. The summed E-state index contributed by atoms with van der Waals surface area (Å²) in [6.07, 6.45) is 1.01. The van der Waals surface area contributed by atoms with Crippen LogP contribution in [-0.2, 0) is 4.79 Å². The summed E-state index contributed by atoms with van der Waals surface area (Å²) in [6.45, 7) is 2.84. The lowest BCUT2D eigenvalue weighted by atomic mass is 10.3. The SMILES string of the molecule is CCCNc1ccc(NC(=O)COc2ccccc2)nn1. The Morgan fingerprint density at radius 1 is 1.10 bits per heavy atom. The van der Waals surface area contributed by atoms with E-state index in [1.807, 2.05) is 18.2 Å². The number of nitrogens with one attached hydrogen (secondary N) is 2. The Bertz CT molecular complexity index is 558. The predicted molar refractivity (Wildman–Crippen MR) is 81.4 cm³/mol. The summed E-state index contributed by atoms with van der Waals surface area (Å²) in [6, 6.07) is 12.6. The molecule has 6 nitrogen and oxygen atoms in total. The molecule has 0 aliphatic rings. The van der Waals surface area contributed by atoms with Gasteiger partial charge in [0.1, 0.15) is 11.6 Å². The quantitative estimate of drug-likeness (QED) is 0.817. The second kappa shape index (κ2) is 7.84. The van der Waals surface area contributed by atoms with Crippen LogP contribution in [0.3, 0.4) is 0 Å². The highest BCUT2D eigenvalue weighted by Crippen LogP contribution is 2.09. The third-order valence-electron chi connectivity index (χ3n) is 2.60. The molecule has 6 heteroatoms. The largest absolute Gasteiger partial charge is 0.484 e. The summed E-state index contributed by atoms with van der Waals surface area (Å²) in [5.74, 6) is 1.47. The minimum Gasteiger partial charge on any atom is -0.484 e. The fourth-order valence-corrected chi connectivity index (χ4v) is 1.59. The smallest absolute Gasteiger partial charge is 0.263 e. The van der Waals surface area contributed by atoms with E-state index in [9.17, 15) is 4.79 Å². The molecule has 0 aliphatic heterocycles. The summed E-state index contributed by atoms with van der Waals surface area (Å²) in [7, 11) is 0. The molecular formula is C15H18N4O2. The van der Waals surface area contributed by atoms with Crippen LogP contribution in [0.15, 0.2) is 42.5 Å². The van der Waals surface area contributed by atoms with Gasteiger partial charge < -0.3 is 15.4 Å². The Hall–Kier alpha value is -2.63. The minimum atomic E-state index is -0.276. The Morgan fingerprint density at radius 3 is 2.48 bits per heavy atom. The maximum atomic E-state index is 11.7. The number of nitrogens with zero attached hydrogens (tertiary/aromatic N) is 2. The Kier molecular flexibility index (Phi) is 5.51. The average molecular weight is 286 g/mol. The number of aromatic nitrogens is 2. The molecule has 0 radical (unpaired) electrons. The number of hydrogen-bond acceptors (Lipinski definition) is 5. The maximum absolute atomic E-state index is 11.7. The van der Waals surface area contributed by atoms with E-state index in [-0.39, 0.29) is 12.5 Å². The van der Waals surface area contributed by atoms with Gasteiger partial charge in [0, 0.05) is 6.54 Å². The summed E-state index contributed by atoms with van der Waals surface area (Å²) in [5, 5.41) is 13.6. The van der Waals surface area contributed by atoms with Gasteiger partial charge in [-0.15, -0.1) is 10.2 Å². The van der Waals surface area contributed by atoms with E-state index >= 15 is 0 Å². The lowest BCUT2D eigenvalue weighted by Crippen LogP contribution is -2.21. The fraction of sp³-hybridized carbons (Fsp3) is 0.267. The molecule has 1 aromatic heterocycles. The zero-order valence-electron chi connectivity index (χ0n) is 11.9. The first-order valence-corrected chi connectivity index (χ1v) is 6.83. The molecular weight excluding hydrogens is 268 g/mol. The maximum Gasteiger partial charge on any atom is 0.263 e. The van der Waals surface area contributed by atoms with Crippen molar-refractivity contribution in [2.24, 2.45) is 0 Å². The molecule has 1 aromatic carbocycles. The van der Waals surface area contributed by atoms with E-state index in [1.54, 1.807) is 24.3 Å². The third-order valence-corrected chi connectivity index (χ3v) is 2.60. The van der Waals surface area contributed by atoms with Gasteiger partial charge in [-0.25, -0.2) is 0 Å². The number of carbonyl (C=O) groups is 1. The molecule has 0 atom stereocenters. The fourth-order valence-electron chi connectivity index (χ4n) is 1.59. The monoisotopic (exact) mass is 286 g/mol. The highest BCUT2D eigenvalue weighted by Gasteiger charge is 2.05.